The predicted molar refractivity (Wildman–Crippen MR) is 152 cm³/mol. The van der Waals surface area contributed by atoms with E-state index in [1.807, 2.05) is 13.8 Å². The minimum Gasteiger partial charge on any atom is -0.791 e. The van der Waals surface area contributed by atoms with Gasteiger partial charge in [-0.15, -0.1) is 0 Å². The Hall–Kier alpha value is 2.40. The molecule has 0 aliphatic carbocycles. The third-order valence-corrected chi connectivity index (χ3v) is 17.9. The van der Waals surface area contributed by atoms with E-state index in [0.29, 0.717) is 12.3 Å². The summed E-state index contributed by atoms with van der Waals surface area (Å²) in [4.78, 5) is 23.0. The molecule has 0 bridgehead atoms. The minimum atomic E-state index is -3.14. The van der Waals surface area contributed by atoms with Gasteiger partial charge in [0.2, 0.25) is 0 Å². The van der Waals surface area contributed by atoms with E-state index < -0.39 is 13.1 Å². The molecular formula is C22H48O4P2S4Zn. The molecule has 33 heavy (non-hydrogen) atoms. The van der Waals surface area contributed by atoms with E-state index in [0.717, 1.165) is 70.9 Å². The van der Waals surface area contributed by atoms with Gasteiger partial charge >= 0.3 is 19.5 Å². The first kappa shape index (κ1) is 39.9. The molecule has 0 aromatic heterocycles. The standard InChI is InChI=1S/2C11H25O2PS2.Zn/c2*1-3-5-7-8-9-11-15-16-14(12,13)10-6-4-2;/h2*3-11H2,1-2H3,(H,12,13);/q;;+2/p-2. The van der Waals surface area contributed by atoms with E-state index >= 15 is 0 Å². The molecule has 0 saturated heterocycles. The third kappa shape index (κ3) is 34.4. The molecule has 0 aliphatic rings. The van der Waals surface area contributed by atoms with E-state index in [-0.39, 0.29) is 19.5 Å². The van der Waals surface area contributed by atoms with Gasteiger partial charge in [-0.1, -0.05) is 113 Å². The Kier molecular flexibility index (Phi) is 35.0. The number of hydrogen-bond donors (Lipinski definition) is 0. The van der Waals surface area contributed by atoms with Crippen molar-refractivity contribution in [3.8, 4) is 0 Å². The Morgan fingerprint density at radius 3 is 1.12 bits per heavy atom. The van der Waals surface area contributed by atoms with Gasteiger partial charge in [-0.2, -0.15) is 0 Å². The molecule has 2 unspecified atom stereocenters. The molecule has 0 radical (unpaired) electrons. The van der Waals surface area contributed by atoms with Crippen molar-refractivity contribution in [1.82, 2.24) is 0 Å². The van der Waals surface area contributed by atoms with Gasteiger partial charge in [-0.05, 0) is 58.8 Å². The summed E-state index contributed by atoms with van der Waals surface area (Å²) < 4.78 is 23.0. The summed E-state index contributed by atoms with van der Waals surface area (Å²) in [6.45, 7) is 2.16. The van der Waals surface area contributed by atoms with Gasteiger partial charge in [0.15, 0.2) is 0 Å². The molecule has 196 valence electrons. The van der Waals surface area contributed by atoms with E-state index in [2.05, 4.69) is 13.8 Å². The molecule has 4 nitrogen and oxygen atoms in total. The normalized spacial score (nSPS) is 14.5. The summed E-state index contributed by atoms with van der Waals surface area (Å²) in [6, 6.07) is 0. The van der Waals surface area contributed by atoms with Crippen molar-refractivity contribution >= 4 is 55.6 Å². The first-order chi connectivity index (χ1) is 15.2. The van der Waals surface area contributed by atoms with E-state index in [4.69, 9.17) is 0 Å². The molecular weight excluding hydrogens is 584 g/mol. The van der Waals surface area contributed by atoms with E-state index in [1.54, 1.807) is 0 Å². The van der Waals surface area contributed by atoms with Crippen LogP contribution in [0.3, 0.4) is 0 Å². The molecule has 0 N–H and O–H groups in total. The van der Waals surface area contributed by atoms with Crippen LogP contribution in [0, 0.1) is 0 Å². The zero-order chi connectivity index (χ0) is 24.6. The van der Waals surface area contributed by atoms with Crippen LogP contribution in [0.2, 0.25) is 0 Å². The first-order valence-electron chi connectivity index (χ1n) is 12.5. The topological polar surface area (TPSA) is 80.3 Å². The van der Waals surface area contributed by atoms with Crippen molar-refractivity contribution in [2.45, 2.75) is 118 Å². The SMILES string of the molecule is CCCCCCCSSP(=O)([O-])CCCC.CCCCCCCSSP(=O)([O-])CCCC.[Zn+2]. The fourth-order valence-corrected chi connectivity index (χ4v) is 14.1. The van der Waals surface area contributed by atoms with Crippen LogP contribution in [0.4, 0.5) is 0 Å². The van der Waals surface area contributed by atoms with Crippen LogP contribution in [-0.2, 0) is 28.6 Å². The molecule has 0 aromatic carbocycles. The number of rotatable bonds is 22. The second kappa shape index (κ2) is 29.0. The molecule has 2 atom stereocenters. The second-order valence-electron chi connectivity index (χ2n) is 8.00. The molecule has 0 fully saturated rings. The Labute approximate surface area is 233 Å². The van der Waals surface area contributed by atoms with E-state index in [9.17, 15) is 18.9 Å². The smallest absolute Gasteiger partial charge is 0.791 e. The van der Waals surface area contributed by atoms with Crippen LogP contribution in [0.1, 0.15) is 118 Å². The van der Waals surface area contributed by atoms with E-state index in [1.165, 1.54) is 73.0 Å². The van der Waals surface area contributed by atoms with Crippen molar-refractivity contribution < 1.29 is 38.4 Å². The summed E-state index contributed by atoms with van der Waals surface area (Å²) in [6.07, 6.45) is 16.7. The molecule has 0 amide bonds. The second-order valence-corrected chi connectivity index (χ2v) is 21.3. The Balaban J connectivity index is -0.000000529. The van der Waals surface area contributed by atoms with Crippen LogP contribution in [0.15, 0.2) is 0 Å². The van der Waals surface area contributed by atoms with Crippen LogP contribution in [0.5, 0.6) is 0 Å². The molecule has 0 spiro atoms. The van der Waals surface area contributed by atoms with Gasteiger partial charge < -0.3 is 18.9 Å². The number of hydrogen-bond acceptors (Lipinski definition) is 8. The molecule has 0 aliphatic heterocycles. The van der Waals surface area contributed by atoms with Crippen LogP contribution in [0.25, 0.3) is 0 Å². The van der Waals surface area contributed by atoms with Gasteiger partial charge in [-0.25, -0.2) is 0 Å². The molecule has 0 heterocycles. The first-order valence-corrected chi connectivity index (χ1v) is 21.9. The van der Waals surface area contributed by atoms with Gasteiger partial charge in [0.05, 0.1) is 13.1 Å². The van der Waals surface area contributed by atoms with Crippen molar-refractivity contribution in [3.05, 3.63) is 0 Å². The summed E-state index contributed by atoms with van der Waals surface area (Å²) >= 11 is 0. The van der Waals surface area contributed by atoms with Crippen molar-refractivity contribution in [3.63, 3.8) is 0 Å². The molecule has 0 aromatic rings. The molecule has 0 saturated carbocycles. The maximum Gasteiger partial charge on any atom is 2.00 e. The quantitative estimate of drug-likeness (QED) is 0.0506. The van der Waals surface area contributed by atoms with Crippen LogP contribution < -0.4 is 9.79 Å². The summed E-state index contributed by atoms with van der Waals surface area (Å²) in [5.74, 6) is 1.93. The largest absolute Gasteiger partial charge is 2.00 e. The van der Waals surface area contributed by atoms with Gasteiger partial charge in [0.1, 0.15) is 0 Å². The van der Waals surface area contributed by atoms with Crippen LogP contribution >= 0.6 is 55.6 Å². The maximum atomic E-state index is 11.5. The molecule has 11 heteroatoms. The van der Waals surface area contributed by atoms with Crippen molar-refractivity contribution in [2.24, 2.45) is 0 Å². The fraction of sp³-hybridized carbons (Fsp3) is 1.00. The predicted octanol–water partition coefficient (Wildman–Crippen LogP) is 9.38. The summed E-state index contributed by atoms with van der Waals surface area (Å²) in [5.41, 5.74) is 0. The Morgan fingerprint density at radius 2 is 0.818 bits per heavy atom. The average molecular weight is 632 g/mol. The monoisotopic (exact) mass is 630 g/mol. The maximum absolute atomic E-state index is 11.5. The summed E-state index contributed by atoms with van der Waals surface area (Å²) in [7, 11) is 5.22. The zero-order valence-electron chi connectivity index (χ0n) is 21.6. The molecule has 0 rings (SSSR count). The Morgan fingerprint density at radius 1 is 0.515 bits per heavy atom. The van der Waals surface area contributed by atoms with Gasteiger partial charge in [0, 0.05) is 11.5 Å². The van der Waals surface area contributed by atoms with Crippen molar-refractivity contribution in [2.75, 3.05) is 23.8 Å². The summed E-state index contributed by atoms with van der Waals surface area (Å²) in [5, 5.41) is 0. The Bertz CT molecular complexity index is 449. The fourth-order valence-electron chi connectivity index (χ4n) is 2.54. The van der Waals surface area contributed by atoms with Gasteiger partial charge in [-0.3, -0.25) is 0 Å². The van der Waals surface area contributed by atoms with Crippen molar-refractivity contribution in [1.29, 1.82) is 0 Å². The van der Waals surface area contributed by atoms with Crippen LogP contribution in [-0.4, -0.2) is 23.8 Å². The third-order valence-electron chi connectivity index (χ3n) is 4.57. The van der Waals surface area contributed by atoms with Gasteiger partial charge in [0.25, 0.3) is 0 Å². The number of unbranched alkanes of at least 4 members (excludes halogenated alkanes) is 10. The average Bonchev–Trinajstić information content (AvgIpc) is 2.75. The zero-order valence-corrected chi connectivity index (χ0v) is 29.6. The minimum absolute atomic E-state index is 0.